The normalized spacial score (nSPS) is 16.2. The van der Waals surface area contributed by atoms with Crippen LogP contribution >= 0.6 is 23.2 Å². The maximum atomic E-state index is 12.7. The van der Waals surface area contributed by atoms with Crippen molar-refractivity contribution in [2.75, 3.05) is 11.9 Å². The van der Waals surface area contributed by atoms with Crippen LogP contribution in [0.25, 0.3) is 6.08 Å². The molecule has 0 aromatic heterocycles. The van der Waals surface area contributed by atoms with Crippen molar-refractivity contribution in [3.63, 3.8) is 0 Å². The van der Waals surface area contributed by atoms with Crippen LogP contribution in [0.2, 0.25) is 10.0 Å². The van der Waals surface area contributed by atoms with E-state index in [0.717, 1.165) is 0 Å². The summed E-state index contributed by atoms with van der Waals surface area (Å²) in [5.74, 6) is -0.656. The molecule has 1 aliphatic rings. The summed E-state index contributed by atoms with van der Waals surface area (Å²) in [6.07, 6.45) is 4.06. The first-order valence-corrected chi connectivity index (χ1v) is 9.59. The lowest BCUT2D eigenvalue weighted by Crippen LogP contribution is -2.42. The molecule has 7 nitrogen and oxygen atoms in total. The van der Waals surface area contributed by atoms with E-state index in [1.165, 1.54) is 29.2 Å². The van der Waals surface area contributed by atoms with Gasteiger partial charge in [0.2, 0.25) is 11.8 Å². The summed E-state index contributed by atoms with van der Waals surface area (Å²) in [7, 11) is 0. The lowest BCUT2D eigenvalue weighted by Gasteiger charge is -2.22. The number of amides is 2. The van der Waals surface area contributed by atoms with Crippen LogP contribution in [0.5, 0.6) is 0 Å². The molecule has 1 saturated heterocycles. The predicted molar refractivity (Wildman–Crippen MR) is 112 cm³/mol. The van der Waals surface area contributed by atoms with Crippen LogP contribution in [-0.2, 0) is 9.59 Å². The molecule has 0 aliphatic carbocycles. The van der Waals surface area contributed by atoms with Crippen LogP contribution in [0.1, 0.15) is 18.4 Å². The Kier molecular flexibility index (Phi) is 6.51. The number of nitrogens with zero attached hydrogens (tertiary/aromatic N) is 2. The molecule has 1 heterocycles. The van der Waals surface area contributed by atoms with Gasteiger partial charge in [-0.3, -0.25) is 19.7 Å². The number of anilines is 1. The second-order valence-corrected chi connectivity index (χ2v) is 7.40. The molecule has 0 saturated carbocycles. The zero-order valence-corrected chi connectivity index (χ0v) is 16.7. The molecule has 1 fully saturated rings. The number of nitrogens with one attached hydrogen (secondary N) is 1. The van der Waals surface area contributed by atoms with Gasteiger partial charge in [0, 0.05) is 40.5 Å². The van der Waals surface area contributed by atoms with Gasteiger partial charge in [0.1, 0.15) is 6.04 Å². The standard InChI is InChI=1S/C20H17Cl2N3O4/c21-14-10-15(22)12-16(11-14)23-20(27)18-5-2-8-24(18)19(26)7-6-13-3-1-4-17(9-13)25(28)29/h1,3-4,6-7,9-12,18H,2,5,8H2,(H,23,27)/b7-6+. The zero-order chi connectivity index (χ0) is 21.0. The second-order valence-electron chi connectivity index (χ2n) is 6.52. The molecule has 1 unspecified atom stereocenters. The minimum Gasteiger partial charge on any atom is -0.327 e. The Bertz CT molecular complexity index is 973. The average Bonchev–Trinajstić information content (AvgIpc) is 3.15. The molecule has 2 amide bonds. The highest BCUT2D eigenvalue weighted by Gasteiger charge is 2.33. The number of benzene rings is 2. The molecule has 2 aromatic carbocycles. The Labute approximate surface area is 177 Å². The molecule has 0 radical (unpaired) electrons. The van der Waals surface area contributed by atoms with E-state index in [4.69, 9.17) is 23.2 Å². The van der Waals surface area contributed by atoms with E-state index in [2.05, 4.69) is 5.32 Å². The molecular formula is C20H17Cl2N3O4. The summed E-state index contributed by atoms with van der Waals surface area (Å²) in [5.41, 5.74) is 0.929. The van der Waals surface area contributed by atoms with Crippen molar-refractivity contribution in [1.29, 1.82) is 0 Å². The maximum absolute atomic E-state index is 12.7. The van der Waals surface area contributed by atoms with Gasteiger partial charge in [-0.15, -0.1) is 0 Å². The molecule has 3 rings (SSSR count). The van der Waals surface area contributed by atoms with Gasteiger partial charge in [0.25, 0.3) is 5.69 Å². The van der Waals surface area contributed by atoms with Crippen molar-refractivity contribution in [3.8, 4) is 0 Å². The van der Waals surface area contributed by atoms with Crippen molar-refractivity contribution in [1.82, 2.24) is 4.90 Å². The Morgan fingerprint density at radius 2 is 1.90 bits per heavy atom. The number of nitro benzene ring substituents is 1. The summed E-state index contributed by atoms with van der Waals surface area (Å²) in [6.45, 7) is 0.451. The third-order valence-corrected chi connectivity index (χ3v) is 4.90. The van der Waals surface area contributed by atoms with Gasteiger partial charge in [-0.1, -0.05) is 35.3 Å². The van der Waals surface area contributed by atoms with E-state index in [1.807, 2.05) is 0 Å². The van der Waals surface area contributed by atoms with E-state index in [9.17, 15) is 19.7 Å². The number of carbonyl (C=O) groups excluding carboxylic acids is 2. The van der Waals surface area contributed by atoms with E-state index in [-0.39, 0.29) is 17.5 Å². The SMILES string of the molecule is O=C(Nc1cc(Cl)cc(Cl)c1)C1CCCN1C(=O)/C=C/c1cccc([N+](=O)[O-])c1. The highest BCUT2D eigenvalue weighted by molar-refractivity contribution is 6.35. The number of hydrogen-bond acceptors (Lipinski definition) is 4. The minimum atomic E-state index is -0.616. The van der Waals surface area contributed by atoms with E-state index < -0.39 is 11.0 Å². The van der Waals surface area contributed by atoms with Crippen molar-refractivity contribution in [2.24, 2.45) is 0 Å². The summed E-state index contributed by atoms with van der Waals surface area (Å²) < 4.78 is 0. The van der Waals surface area contributed by atoms with Gasteiger partial charge in [-0.2, -0.15) is 0 Å². The van der Waals surface area contributed by atoms with Crippen molar-refractivity contribution >= 4 is 52.5 Å². The first-order chi connectivity index (χ1) is 13.8. The highest BCUT2D eigenvalue weighted by Crippen LogP contribution is 2.25. The van der Waals surface area contributed by atoms with Crippen molar-refractivity contribution in [2.45, 2.75) is 18.9 Å². The molecule has 29 heavy (non-hydrogen) atoms. The molecule has 0 spiro atoms. The molecule has 0 bridgehead atoms. The van der Waals surface area contributed by atoms with E-state index in [1.54, 1.807) is 30.3 Å². The number of carbonyl (C=O) groups is 2. The van der Waals surface area contributed by atoms with E-state index >= 15 is 0 Å². The number of hydrogen-bond donors (Lipinski definition) is 1. The zero-order valence-electron chi connectivity index (χ0n) is 15.2. The average molecular weight is 434 g/mol. The Morgan fingerprint density at radius 1 is 1.17 bits per heavy atom. The molecule has 1 aliphatic heterocycles. The van der Waals surface area contributed by atoms with Crippen LogP contribution in [0, 0.1) is 10.1 Å². The van der Waals surface area contributed by atoms with Crippen LogP contribution in [0.4, 0.5) is 11.4 Å². The van der Waals surface area contributed by atoms with Crippen LogP contribution in [0.3, 0.4) is 0 Å². The summed E-state index contributed by atoms with van der Waals surface area (Å²) in [4.78, 5) is 37.1. The summed E-state index contributed by atoms with van der Waals surface area (Å²) >= 11 is 11.9. The Hall–Kier alpha value is -2.90. The first kappa shape index (κ1) is 20.8. The quantitative estimate of drug-likeness (QED) is 0.425. The number of non-ortho nitro benzene ring substituents is 1. The number of likely N-dealkylation sites (tertiary alicyclic amines) is 1. The lowest BCUT2D eigenvalue weighted by atomic mass is 10.1. The molecular weight excluding hydrogens is 417 g/mol. The van der Waals surface area contributed by atoms with Gasteiger partial charge < -0.3 is 10.2 Å². The predicted octanol–water partition coefficient (Wildman–Crippen LogP) is 4.54. The maximum Gasteiger partial charge on any atom is 0.270 e. The van der Waals surface area contributed by atoms with Gasteiger partial charge >= 0.3 is 0 Å². The topological polar surface area (TPSA) is 92.6 Å². The lowest BCUT2D eigenvalue weighted by molar-refractivity contribution is -0.384. The molecule has 1 atom stereocenters. The molecule has 9 heteroatoms. The minimum absolute atomic E-state index is 0.0572. The Balaban J connectivity index is 1.69. The van der Waals surface area contributed by atoms with Crippen molar-refractivity contribution in [3.05, 3.63) is 74.3 Å². The molecule has 1 N–H and O–H groups in total. The largest absolute Gasteiger partial charge is 0.327 e. The first-order valence-electron chi connectivity index (χ1n) is 8.83. The monoisotopic (exact) mass is 433 g/mol. The number of halogens is 2. The van der Waals surface area contributed by atoms with Gasteiger partial charge in [0.15, 0.2) is 0 Å². The van der Waals surface area contributed by atoms with E-state index in [0.29, 0.717) is 40.7 Å². The number of nitro groups is 1. The summed E-state index contributed by atoms with van der Waals surface area (Å²) in [6, 6.07) is 10.1. The van der Waals surface area contributed by atoms with Crippen LogP contribution in [0.15, 0.2) is 48.5 Å². The van der Waals surface area contributed by atoms with Gasteiger partial charge in [-0.05, 0) is 42.7 Å². The Morgan fingerprint density at radius 3 is 2.59 bits per heavy atom. The second kappa shape index (κ2) is 9.07. The fourth-order valence-electron chi connectivity index (χ4n) is 3.16. The smallest absolute Gasteiger partial charge is 0.270 e. The molecule has 150 valence electrons. The van der Waals surface area contributed by atoms with Crippen molar-refractivity contribution < 1.29 is 14.5 Å². The highest BCUT2D eigenvalue weighted by atomic mass is 35.5. The number of rotatable bonds is 5. The fourth-order valence-corrected chi connectivity index (χ4v) is 3.69. The summed E-state index contributed by atoms with van der Waals surface area (Å²) in [5, 5.41) is 14.4. The molecule has 2 aromatic rings. The van der Waals surface area contributed by atoms with Gasteiger partial charge in [0.05, 0.1) is 4.92 Å². The third kappa shape index (κ3) is 5.34. The third-order valence-electron chi connectivity index (χ3n) is 4.47. The fraction of sp³-hybridized carbons (Fsp3) is 0.200. The van der Waals surface area contributed by atoms with Gasteiger partial charge in [-0.25, -0.2) is 0 Å². The van der Waals surface area contributed by atoms with Crippen LogP contribution in [-0.4, -0.2) is 34.2 Å². The van der Waals surface area contributed by atoms with Crippen LogP contribution < -0.4 is 5.32 Å².